The maximum atomic E-state index is 7.00. The van der Waals surface area contributed by atoms with Crippen LogP contribution in [0.3, 0.4) is 0 Å². The van der Waals surface area contributed by atoms with Crippen molar-refractivity contribution in [1.82, 2.24) is 79.7 Å². The molecular formula is C124H82N16O4. The van der Waals surface area contributed by atoms with Gasteiger partial charge in [-0.1, -0.05) is 194 Å². The molecule has 0 spiro atoms. The van der Waals surface area contributed by atoms with Crippen molar-refractivity contribution in [3.63, 3.8) is 0 Å². The lowest BCUT2D eigenvalue weighted by atomic mass is 9.85. The Labute approximate surface area is 820 Å². The summed E-state index contributed by atoms with van der Waals surface area (Å²) in [6, 6.07) is 125. The minimum absolute atomic E-state index is 0.116. The molecule has 0 saturated heterocycles. The topological polar surface area (TPSA) is 272 Å². The normalized spacial score (nSPS) is 12.1. The molecule has 29 rings (SSSR count). The number of hydrogen-bond acceptors (Lipinski definition) is 10. The number of nitrogens with one attached hydrogen (secondary N) is 10. The van der Waals surface area contributed by atoms with Gasteiger partial charge in [0.1, 0.15) is 68.6 Å². The Morgan fingerprint density at radius 3 is 0.590 bits per heavy atom. The first-order chi connectivity index (χ1) is 71.3. The van der Waals surface area contributed by atoms with E-state index in [1.54, 1.807) is 0 Å². The number of aromatic amines is 10. The van der Waals surface area contributed by atoms with Gasteiger partial charge in [0, 0.05) is 204 Å². The lowest BCUT2D eigenvalue weighted by molar-refractivity contribution is 0.482. The Balaban J connectivity index is 0.577. The summed E-state index contributed by atoms with van der Waals surface area (Å²) in [6.07, 6.45) is 17.1. The van der Waals surface area contributed by atoms with E-state index in [1.165, 1.54) is 44.5 Å². The van der Waals surface area contributed by atoms with Gasteiger partial charge in [-0.3, -0.25) is 0 Å². The maximum absolute atomic E-state index is 7.00. The summed E-state index contributed by atoms with van der Waals surface area (Å²) < 4.78 is 28.0. The van der Waals surface area contributed by atoms with Crippen LogP contribution in [0.4, 0.5) is 0 Å². The Hall–Kier alpha value is -19.6. The smallest absolute Gasteiger partial charge is 0.164 e. The zero-order valence-corrected chi connectivity index (χ0v) is 76.9. The molecule has 682 valence electrons. The zero-order chi connectivity index (χ0) is 94.6. The highest BCUT2D eigenvalue weighted by molar-refractivity contribution is 6.08. The fourth-order valence-electron chi connectivity index (χ4n) is 22.2. The fraction of sp³-hybridized carbons (Fsp3) is 0.0323. The van der Waals surface area contributed by atoms with E-state index >= 15 is 0 Å². The minimum atomic E-state index is -0.116. The molecule has 8 bridgehead atoms. The average molecular weight is 1860 g/mol. The number of hydrogen-bond donors (Lipinski definition) is 10. The molecule has 20 heteroatoms. The average Bonchev–Trinajstić information content (AvgIpc) is 1.58. The molecule has 0 radical (unpaired) electrons. The summed E-state index contributed by atoms with van der Waals surface area (Å²) in [4.78, 5) is 69.4. The van der Waals surface area contributed by atoms with E-state index < -0.39 is 0 Å². The summed E-state index contributed by atoms with van der Waals surface area (Å²) >= 11 is 0. The van der Waals surface area contributed by atoms with Gasteiger partial charge in [0.05, 0.1) is 0 Å². The Kier molecular flexibility index (Phi) is 18.7. The number of fused-ring (bicyclic) bond motifs is 28. The number of nitrogens with zero attached hydrogens (tertiary/aromatic N) is 6. The summed E-state index contributed by atoms with van der Waals surface area (Å²) in [7, 11) is 0. The molecule has 2 aliphatic rings. The molecule has 0 amide bonds. The van der Waals surface area contributed by atoms with E-state index in [2.05, 4.69) is 342 Å². The third-order valence-corrected chi connectivity index (χ3v) is 29.0. The van der Waals surface area contributed by atoms with Gasteiger partial charge in [-0.05, 0) is 237 Å². The molecule has 0 saturated carbocycles. The number of ether oxygens (including phenoxy) is 4. The Morgan fingerprint density at radius 1 is 0.160 bits per heavy atom. The second-order valence-electron chi connectivity index (χ2n) is 37.2. The zero-order valence-electron chi connectivity index (χ0n) is 76.9. The van der Waals surface area contributed by atoms with E-state index in [9.17, 15) is 0 Å². The summed E-state index contributed by atoms with van der Waals surface area (Å²) in [5, 5.41) is 12.2. The van der Waals surface area contributed by atoms with E-state index in [0.29, 0.717) is 125 Å². The molecule has 20 nitrogen and oxygen atoms in total. The minimum Gasteiger partial charge on any atom is -0.457 e. The number of aromatic nitrogens is 16. The number of H-pyrrole nitrogens is 10. The van der Waals surface area contributed by atoms with Crippen LogP contribution < -0.4 is 18.9 Å². The van der Waals surface area contributed by atoms with Gasteiger partial charge < -0.3 is 68.8 Å². The van der Waals surface area contributed by atoms with Gasteiger partial charge in [-0.15, -0.1) is 0 Å². The largest absolute Gasteiger partial charge is 0.457 e. The monoisotopic (exact) mass is 1860 g/mol. The van der Waals surface area contributed by atoms with Crippen LogP contribution in [0.15, 0.2) is 414 Å². The summed E-state index contributed by atoms with van der Waals surface area (Å²) in [5.41, 5.74) is 27.0. The molecule has 0 aliphatic carbocycles. The summed E-state index contributed by atoms with van der Waals surface area (Å²) in [6.45, 7) is 0. The van der Waals surface area contributed by atoms with Crippen molar-refractivity contribution in [3.8, 4) is 91.5 Å². The number of benzene rings is 16. The predicted octanol–water partition coefficient (Wildman–Crippen LogP) is 30.6. The molecule has 11 aromatic heterocycles. The predicted molar refractivity (Wildman–Crippen MR) is 572 cm³/mol. The van der Waals surface area contributed by atoms with Crippen LogP contribution in [0.25, 0.3) is 177 Å². The van der Waals surface area contributed by atoms with E-state index in [1.807, 2.05) is 121 Å². The van der Waals surface area contributed by atoms with Crippen molar-refractivity contribution < 1.29 is 18.9 Å². The molecule has 0 fully saturated rings. The standard InChI is InChI=1S/C124H82N16O4/c1-9-25-105-81(17-1)97(61-125-105)113(98-62-126-106-26-10-2-18-82(98)106)69-33-41-73(42-34-69)141-77-49-53-89-93(57-77)121-133-117(89)138-122-95-59-79(143-75-45-37-71(38-46-75)115(101-65-129-109-29-13-5-21-85(101)109)102-66-130-110-30-14-6-22-86(102)110)51-55-91(95)119(135-122)140-124-96-60-80(144-76-47-39-72(40-48-76)116(103-67-131-111-31-15-7-23-87(103)111)104-68-132-112-32-16-8-24-88(104)112)52-56-92(96)120(136-124)139-123-94-58-78(50-54-90(94)118(134-123)137-121)142-74-43-35-70(36-44-74)114(99-63-127-107-27-11-3-19-83(99)107)100-64-128-108-28-12-4-20-84(100)108/h1-68,113-116,125-132H,(H2,133,134,135,136,137,138,139,140). The van der Waals surface area contributed by atoms with Gasteiger partial charge in [0.15, 0.2) is 23.3 Å². The molecule has 2 aliphatic heterocycles. The van der Waals surface area contributed by atoms with Crippen molar-refractivity contribution in [2.45, 2.75) is 23.7 Å². The first-order valence-corrected chi connectivity index (χ1v) is 48.3. The number of rotatable bonds is 20. The highest BCUT2D eigenvalue weighted by Gasteiger charge is 2.32. The van der Waals surface area contributed by atoms with Gasteiger partial charge in [0.25, 0.3) is 0 Å². The fourth-order valence-corrected chi connectivity index (χ4v) is 22.2. The molecule has 10 N–H and O–H groups in total. The second-order valence-corrected chi connectivity index (χ2v) is 37.2. The Bertz CT molecular complexity index is 9130. The highest BCUT2D eigenvalue weighted by Crippen LogP contribution is 2.50. The van der Waals surface area contributed by atoms with Crippen LogP contribution in [0.1, 0.15) is 90.4 Å². The van der Waals surface area contributed by atoms with Crippen LogP contribution in [0.5, 0.6) is 46.0 Å². The van der Waals surface area contributed by atoms with Gasteiger partial charge >= 0.3 is 0 Å². The van der Waals surface area contributed by atoms with Crippen LogP contribution in [0.2, 0.25) is 0 Å². The first kappa shape index (κ1) is 81.6. The van der Waals surface area contributed by atoms with Crippen molar-refractivity contribution in [2.24, 2.45) is 0 Å². The summed E-state index contributed by atoms with van der Waals surface area (Å²) in [5.74, 6) is 5.89. The van der Waals surface area contributed by atoms with E-state index in [4.69, 9.17) is 48.9 Å². The van der Waals surface area contributed by atoms with Crippen LogP contribution in [0, 0.1) is 0 Å². The lowest BCUT2D eigenvalue weighted by Crippen LogP contribution is -2.02. The molecule has 13 heterocycles. The molecule has 27 aromatic rings. The highest BCUT2D eigenvalue weighted by atomic mass is 16.5. The lowest BCUT2D eigenvalue weighted by Gasteiger charge is -2.18. The van der Waals surface area contributed by atoms with Crippen molar-refractivity contribution in [2.75, 3.05) is 0 Å². The number of para-hydroxylation sites is 8. The molecule has 16 aromatic carbocycles. The Morgan fingerprint density at radius 2 is 0.354 bits per heavy atom. The van der Waals surface area contributed by atoms with Crippen molar-refractivity contribution in [3.05, 3.63) is 480 Å². The maximum Gasteiger partial charge on any atom is 0.164 e. The quantitative estimate of drug-likeness (QED) is 0.0345. The van der Waals surface area contributed by atoms with Gasteiger partial charge in [-0.2, -0.15) is 0 Å². The van der Waals surface area contributed by atoms with Crippen LogP contribution >= 0.6 is 0 Å². The molecule has 0 unspecified atom stereocenters. The third kappa shape index (κ3) is 13.9. The first-order valence-electron chi connectivity index (χ1n) is 48.3. The SMILES string of the molecule is c1ccc2c(C(c3ccc(Oc4ccc5c(c4)-c4nc-5nc5[nH]c(nc6nc(nc7[nH]c(n4)c4ccc(Oc8ccc(C(c9c[nH]c%10ccccc9%10)c9c[nH]c%10ccccc9%10)cc8)cc74)-c4ccc(Oc7ccc(C(c8c[nH]c9ccccc89)c8c[nH]c9ccccc89)cc7)cc4-6)c4ccc(Oc6ccc(C(c7c[nH]c8ccccc78)c7c[nH]c8ccccc78)cc6)cc54)cc3)c3c[nH]c4ccccc34)c[nH]c2c1. The molecular weight excluding hydrogens is 1780 g/mol. The third-order valence-electron chi connectivity index (χ3n) is 29.0. The van der Waals surface area contributed by atoms with Gasteiger partial charge in [0.2, 0.25) is 0 Å². The van der Waals surface area contributed by atoms with Crippen molar-refractivity contribution >= 4 is 131 Å². The van der Waals surface area contributed by atoms with E-state index in [0.717, 1.165) is 120 Å². The molecule has 0 atom stereocenters. The van der Waals surface area contributed by atoms with Crippen molar-refractivity contribution in [1.29, 1.82) is 0 Å². The van der Waals surface area contributed by atoms with Crippen LogP contribution in [-0.2, 0) is 0 Å². The molecule has 144 heavy (non-hydrogen) atoms. The second kappa shape index (κ2) is 33.1. The van der Waals surface area contributed by atoms with E-state index in [-0.39, 0.29) is 23.7 Å². The van der Waals surface area contributed by atoms with Crippen LogP contribution in [-0.4, -0.2) is 79.7 Å². The van der Waals surface area contributed by atoms with Gasteiger partial charge in [-0.25, -0.2) is 29.9 Å².